The number of aromatic nitrogens is 2. The number of piperidine rings is 1. The number of alkyl halides is 3. The van der Waals surface area contributed by atoms with E-state index >= 15 is 0 Å². The van der Waals surface area contributed by atoms with Crippen molar-refractivity contribution in [2.45, 2.75) is 76.1 Å². The van der Waals surface area contributed by atoms with E-state index in [9.17, 15) is 23.1 Å². The van der Waals surface area contributed by atoms with Gasteiger partial charge in [-0.1, -0.05) is 36.3 Å². The van der Waals surface area contributed by atoms with Crippen LogP contribution in [0.2, 0.25) is 0 Å². The lowest BCUT2D eigenvalue weighted by atomic mass is 9.95. The molecule has 4 heterocycles. The van der Waals surface area contributed by atoms with E-state index in [1.165, 1.54) is 18.3 Å². The predicted octanol–water partition coefficient (Wildman–Crippen LogP) is 7.33. The third-order valence-corrected chi connectivity index (χ3v) is 8.90. The van der Waals surface area contributed by atoms with E-state index in [2.05, 4.69) is 26.7 Å². The first kappa shape index (κ1) is 27.7. The maximum atomic E-state index is 13.2. The minimum atomic E-state index is -4.84. The van der Waals surface area contributed by atoms with Crippen molar-refractivity contribution in [1.29, 1.82) is 0 Å². The van der Waals surface area contributed by atoms with Crippen molar-refractivity contribution in [3.63, 3.8) is 0 Å². The van der Waals surface area contributed by atoms with Gasteiger partial charge in [0.1, 0.15) is 17.2 Å². The molecule has 1 N–H and O–H groups in total. The fraction of sp³-hybridized carbons (Fsp3) is 0.406. The summed E-state index contributed by atoms with van der Waals surface area (Å²) in [6, 6.07) is 13.9. The zero-order valence-corrected chi connectivity index (χ0v) is 23.4. The molecule has 2 aliphatic heterocycles. The van der Waals surface area contributed by atoms with Crippen LogP contribution in [0.5, 0.6) is 5.75 Å². The Kier molecular flexibility index (Phi) is 6.80. The SMILES string of the molecule is CC1CC2CC(OCc3c(-c4ccccc4OC(F)(F)F)noc3C3CC3)CC1N2c1cccc2cc(C(=O)O)cnc12. The van der Waals surface area contributed by atoms with Crippen molar-refractivity contribution < 1.29 is 37.1 Å². The molecule has 3 fully saturated rings. The Balaban J connectivity index is 1.13. The van der Waals surface area contributed by atoms with Gasteiger partial charge in [-0.2, -0.15) is 0 Å². The van der Waals surface area contributed by atoms with Gasteiger partial charge < -0.3 is 24.0 Å². The highest BCUT2D eigenvalue weighted by Crippen LogP contribution is 2.48. The Hall–Kier alpha value is -4.12. The van der Waals surface area contributed by atoms with Gasteiger partial charge in [0, 0.05) is 40.7 Å². The van der Waals surface area contributed by atoms with Crippen LogP contribution in [0, 0.1) is 5.92 Å². The van der Waals surface area contributed by atoms with E-state index in [0.717, 1.165) is 48.7 Å². The van der Waals surface area contributed by atoms with E-state index in [0.29, 0.717) is 22.9 Å². The number of hydrogen-bond donors (Lipinski definition) is 1. The van der Waals surface area contributed by atoms with Crippen LogP contribution in [0.3, 0.4) is 0 Å². The van der Waals surface area contributed by atoms with E-state index in [1.807, 2.05) is 18.2 Å². The molecule has 0 spiro atoms. The maximum absolute atomic E-state index is 13.2. The minimum Gasteiger partial charge on any atom is -0.478 e. The highest BCUT2D eigenvalue weighted by atomic mass is 19.4. The van der Waals surface area contributed by atoms with Crippen molar-refractivity contribution in [3.8, 4) is 17.0 Å². The summed E-state index contributed by atoms with van der Waals surface area (Å²) >= 11 is 0. The molecule has 43 heavy (non-hydrogen) atoms. The van der Waals surface area contributed by atoms with Crippen LogP contribution in [0.1, 0.15) is 66.6 Å². The summed E-state index contributed by atoms with van der Waals surface area (Å²) in [5.74, 6) is -0.0659. The van der Waals surface area contributed by atoms with Crippen LogP contribution in [-0.2, 0) is 11.3 Å². The summed E-state index contributed by atoms with van der Waals surface area (Å²) in [5.41, 5.74) is 3.13. The molecule has 224 valence electrons. The van der Waals surface area contributed by atoms with Gasteiger partial charge in [-0.15, -0.1) is 13.2 Å². The second-order valence-corrected chi connectivity index (χ2v) is 11.8. The van der Waals surface area contributed by atoms with Gasteiger partial charge in [-0.05, 0) is 62.3 Å². The number of halogens is 3. The molecule has 2 aromatic heterocycles. The smallest absolute Gasteiger partial charge is 0.478 e. The molecule has 3 aliphatic rings. The largest absolute Gasteiger partial charge is 0.573 e. The molecule has 2 saturated heterocycles. The van der Waals surface area contributed by atoms with Gasteiger partial charge in [0.2, 0.25) is 0 Å². The Morgan fingerprint density at radius 3 is 2.67 bits per heavy atom. The molecule has 0 radical (unpaired) electrons. The number of ether oxygens (including phenoxy) is 2. The lowest BCUT2D eigenvalue weighted by molar-refractivity contribution is -0.274. The standard InChI is InChI=1S/C32H30F3N3O5/c1-17-11-21-13-22(14-26(17)38(21)25-7-4-5-19-12-20(31(39)40)15-36-28(19)25)41-16-24-29(37-43-30(24)18-9-10-18)23-6-2-3-8-27(23)42-32(33,34)35/h2-8,12,15,17-18,21-22,26H,9-11,13-14,16H2,1H3,(H,39,40). The van der Waals surface area contributed by atoms with Crippen LogP contribution in [0.4, 0.5) is 18.9 Å². The first-order valence-corrected chi connectivity index (χ1v) is 14.5. The number of rotatable bonds is 8. The predicted molar refractivity (Wildman–Crippen MR) is 151 cm³/mol. The Labute approximate surface area is 245 Å². The van der Waals surface area contributed by atoms with Crippen molar-refractivity contribution in [1.82, 2.24) is 10.1 Å². The maximum Gasteiger partial charge on any atom is 0.573 e. The zero-order chi connectivity index (χ0) is 29.9. The Morgan fingerprint density at radius 2 is 1.93 bits per heavy atom. The van der Waals surface area contributed by atoms with Gasteiger partial charge in [-0.25, -0.2) is 4.79 Å². The summed E-state index contributed by atoms with van der Waals surface area (Å²) in [6.07, 6.45) is 0.923. The van der Waals surface area contributed by atoms with Crippen LogP contribution in [-0.4, -0.2) is 45.8 Å². The Bertz CT molecular complexity index is 1680. The number of pyridine rings is 1. The molecule has 2 bridgehead atoms. The van der Waals surface area contributed by atoms with Crippen LogP contribution < -0.4 is 9.64 Å². The fourth-order valence-corrected chi connectivity index (χ4v) is 6.87. The van der Waals surface area contributed by atoms with Gasteiger partial charge >= 0.3 is 12.3 Å². The third-order valence-electron chi connectivity index (χ3n) is 8.90. The molecule has 8 nitrogen and oxygen atoms in total. The summed E-state index contributed by atoms with van der Waals surface area (Å²) in [6.45, 7) is 2.42. The average Bonchev–Trinajstić information content (AvgIpc) is 3.69. The minimum absolute atomic E-state index is 0.0609. The van der Waals surface area contributed by atoms with Gasteiger partial charge in [-0.3, -0.25) is 4.98 Å². The first-order valence-electron chi connectivity index (χ1n) is 14.5. The van der Waals surface area contributed by atoms with E-state index in [1.54, 1.807) is 18.2 Å². The number of hydrogen-bond acceptors (Lipinski definition) is 7. The number of benzene rings is 2. The number of fused-ring (bicyclic) bond motifs is 3. The van der Waals surface area contributed by atoms with Crippen molar-refractivity contribution in [3.05, 3.63) is 71.6 Å². The lowest BCUT2D eigenvalue weighted by Gasteiger charge is -2.41. The highest BCUT2D eigenvalue weighted by Gasteiger charge is 2.46. The van der Waals surface area contributed by atoms with E-state index < -0.39 is 12.3 Å². The molecule has 4 atom stereocenters. The number of aromatic carboxylic acids is 1. The van der Waals surface area contributed by atoms with E-state index in [4.69, 9.17) is 9.26 Å². The summed E-state index contributed by atoms with van der Waals surface area (Å²) in [4.78, 5) is 18.4. The number of anilines is 1. The third kappa shape index (κ3) is 5.30. The van der Waals surface area contributed by atoms with Gasteiger partial charge in [0.15, 0.2) is 0 Å². The second-order valence-electron chi connectivity index (χ2n) is 11.8. The summed E-state index contributed by atoms with van der Waals surface area (Å²) in [5, 5.41) is 14.4. The second kappa shape index (κ2) is 10.6. The van der Waals surface area contributed by atoms with Gasteiger partial charge in [0.25, 0.3) is 0 Å². The van der Waals surface area contributed by atoms with Crippen LogP contribution in [0.25, 0.3) is 22.2 Å². The van der Waals surface area contributed by atoms with Gasteiger partial charge in [0.05, 0.1) is 29.5 Å². The highest BCUT2D eigenvalue weighted by molar-refractivity contribution is 5.97. The molecule has 7 rings (SSSR count). The van der Waals surface area contributed by atoms with E-state index in [-0.39, 0.29) is 47.6 Å². The monoisotopic (exact) mass is 593 g/mol. The van der Waals surface area contributed by atoms with Crippen LogP contribution >= 0.6 is 0 Å². The number of nitrogens with zero attached hydrogens (tertiary/aromatic N) is 3. The zero-order valence-electron chi connectivity index (χ0n) is 23.4. The number of carboxylic acid groups (broad SMARTS) is 1. The fourth-order valence-electron chi connectivity index (χ4n) is 6.87. The topological polar surface area (TPSA) is 97.9 Å². The Morgan fingerprint density at radius 1 is 1.12 bits per heavy atom. The molecule has 11 heteroatoms. The van der Waals surface area contributed by atoms with Crippen molar-refractivity contribution in [2.24, 2.45) is 5.92 Å². The summed E-state index contributed by atoms with van der Waals surface area (Å²) in [7, 11) is 0. The molecule has 4 aromatic rings. The average molecular weight is 594 g/mol. The number of carboxylic acids is 1. The number of carbonyl (C=O) groups is 1. The van der Waals surface area contributed by atoms with Crippen LogP contribution in [0.15, 0.2) is 59.3 Å². The normalized spacial score (nSPS) is 23.6. The quantitative estimate of drug-likeness (QED) is 0.227. The molecule has 1 saturated carbocycles. The summed E-state index contributed by atoms with van der Waals surface area (Å²) < 4.78 is 56.0. The van der Waals surface area contributed by atoms with Crippen molar-refractivity contribution in [2.75, 3.05) is 4.90 Å². The molecular weight excluding hydrogens is 563 g/mol. The lowest BCUT2D eigenvalue weighted by Crippen LogP contribution is -2.46. The molecule has 0 amide bonds. The molecule has 2 aromatic carbocycles. The molecular formula is C32H30F3N3O5. The molecule has 4 unspecified atom stereocenters. The number of para-hydroxylation sites is 2. The van der Waals surface area contributed by atoms with Crippen molar-refractivity contribution >= 4 is 22.6 Å². The molecule has 1 aliphatic carbocycles. The first-order chi connectivity index (χ1) is 20.7.